The molecule has 0 unspecified atom stereocenters. The van der Waals surface area contributed by atoms with E-state index < -0.39 is 29.6 Å². The molecule has 0 atom stereocenters. The Morgan fingerprint density at radius 2 is 1.64 bits per heavy atom. The summed E-state index contributed by atoms with van der Waals surface area (Å²) < 4.78 is 65.1. The number of hydrogen-bond donors (Lipinski definition) is 3. The molecular weight excluding hydrogens is 521 g/mol. The van der Waals surface area contributed by atoms with Gasteiger partial charge < -0.3 is 21.3 Å². The number of aromatic nitrogens is 1. The molecule has 1 aromatic heterocycles. The van der Waals surface area contributed by atoms with Crippen LogP contribution >= 0.6 is 0 Å². The summed E-state index contributed by atoms with van der Waals surface area (Å²) in [7, 11) is 0. The molecule has 2 aromatic carbocycles. The van der Waals surface area contributed by atoms with Crippen LogP contribution in [-0.4, -0.2) is 41.0 Å². The van der Waals surface area contributed by atoms with Crippen LogP contribution in [0, 0.1) is 11.6 Å². The molecule has 206 valence electrons. The smallest absolute Gasteiger partial charge is 0.381 e. The van der Waals surface area contributed by atoms with Crippen molar-refractivity contribution in [3.63, 3.8) is 0 Å². The van der Waals surface area contributed by atoms with E-state index in [1.165, 1.54) is 18.3 Å². The van der Waals surface area contributed by atoms with Gasteiger partial charge in [-0.25, -0.2) is 13.8 Å². The molecule has 4 N–H and O–H groups in total. The Kier molecular flexibility index (Phi) is 8.32. The molecule has 39 heavy (non-hydrogen) atoms. The fourth-order valence-corrected chi connectivity index (χ4v) is 4.54. The minimum Gasteiger partial charge on any atom is -0.381 e. The predicted octanol–water partition coefficient (Wildman–Crippen LogP) is 5.01. The van der Waals surface area contributed by atoms with Crippen LogP contribution in [0.1, 0.15) is 35.4 Å². The Morgan fingerprint density at radius 1 is 1.00 bits per heavy atom. The highest BCUT2D eigenvalue weighted by Crippen LogP contribution is 2.31. The van der Waals surface area contributed by atoms with E-state index in [0.29, 0.717) is 41.2 Å². The number of anilines is 3. The summed E-state index contributed by atoms with van der Waals surface area (Å²) in [5.74, 6) is -3.31. The zero-order valence-corrected chi connectivity index (χ0v) is 20.7. The first kappa shape index (κ1) is 27.8. The van der Waals surface area contributed by atoms with Gasteiger partial charge in [0.05, 0.1) is 6.42 Å². The van der Waals surface area contributed by atoms with Crippen molar-refractivity contribution in [1.29, 1.82) is 0 Å². The zero-order chi connectivity index (χ0) is 28.2. The van der Waals surface area contributed by atoms with Crippen molar-refractivity contribution in [2.75, 3.05) is 23.7 Å². The van der Waals surface area contributed by atoms with Gasteiger partial charge in [0.15, 0.2) is 0 Å². The summed E-state index contributed by atoms with van der Waals surface area (Å²) in [6.07, 6.45) is -2.61. The Labute approximate surface area is 221 Å². The lowest BCUT2D eigenvalue weighted by Gasteiger charge is -2.32. The van der Waals surface area contributed by atoms with Gasteiger partial charge in [-0.3, -0.25) is 9.59 Å². The number of primary amides is 1. The van der Waals surface area contributed by atoms with Gasteiger partial charge in [-0.2, -0.15) is 13.2 Å². The number of alkyl halides is 3. The summed E-state index contributed by atoms with van der Waals surface area (Å²) >= 11 is 0. The molecule has 0 aliphatic carbocycles. The third-order valence-corrected chi connectivity index (χ3v) is 6.44. The number of likely N-dealkylation sites (tertiary alicyclic amines) is 1. The first-order chi connectivity index (χ1) is 18.5. The van der Waals surface area contributed by atoms with Crippen molar-refractivity contribution in [2.24, 2.45) is 5.73 Å². The van der Waals surface area contributed by atoms with Crippen LogP contribution in [0.5, 0.6) is 0 Å². The quantitative estimate of drug-likeness (QED) is 0.344. The second-order valence-corrected chi connectivity index (χ2v) is 9.31. The van der Waals surface area contributed by atoms with Gasteiger partial charge in [-0.15, -0.1) is 0 Å². The van der Waals surface area contributed by atoms with Crippen LogP contribution in [0.2, 0.25) is 0 Å². The van der Waals surface area contributed by atoms with E-state index in [0.717, 1.165) is 16.5 Å². The summed E-state index contributed by atoms with van der Waals surface area (Å²) in [4.78, 5) is 28.1. The number of halogens is 5. The molecule has 1 aliphatic heterocycles. The summed E-state index contributed by atoms with van der Waals surface area (Å²) in [6, 6.07) is 12.2. The van der Waals surface area contributed by atoms with Gasteiger partial charge in [0.25, 0.3) is 0 Å². The van der Waals surface area contributed by atoms with Crippen molar-refractivity contribution in [3.05, 3.63) is 83.1 Å². The Hall–Kier alpha value is -4.22. The number of rotatable bonds is 8. The molecular formula is C27H26F5N5O2. The lowest BCUT2D eigenvalue weighted by atomic mass is 9.89. The molecule has 0 bridgehead atoms. The first-order valence-corrected chi connectivity index (χ1v) is 12.2. The number of amides is 2. The average molecular weight is 548 g/mol. The highest BCUT2D eigenvalue weighted by atomic mass is 19.4. The van der Waals surface area contributed by atoms with Crippen molar-refractivity contribution >= 4 is 29.0 Å². The number of benzene rings is 2. The van der Waals surface area contributed by atoms with Crippen LogP contribution < -0.4 is 16.4 Å². The third-order valence-electron chi connectivity index (χ3n) is 6.44. The van der Waals surface area contributed by atoms with E-state index in [9.17, 15) is 31.5 Å². The molecule has 4 rings (SSSR count). The van der Waals surface area contributed by atoms with Crippen LogP contribution in [0.15, 0.2) is 54.7 Å². The van der Waals surface area contributed by atoms with Crippen molar-refractivity contribution in [1.82, 2.24) is 9.88 Å². The molecule has 1 aliphatic rings. The fraction of sp³-hybridized carbons (Fsp3) is 0.296. The molecule has 7 nitrogen and oxygen atoms in total. The minimum atomic E-state index is -4.86. The van der Waals surface area contributed by atoms with Crippen LogP contribution in [0.25, 0.3) is 0 Å². The number of pyridine rings is 1. The highest BCUT2D eigenvalue weighted by Gasteiger charge is 2.43. The number of hydrogen-bond acceptors (Lipinski definition) is 5. The van der Waals surface area contributed by atoms with Crippen LogP contribution in [0.4, 0.5) is 39.1 Å². The van der Waals surface area contributed by atoms with Crippen molar-refractivity contribution < 1.29 is 31.5 Å². The lowest BCUT2D eigenvalue weighted by molar-refractivity contribution is -0.186. The maximum Gasteiger partial charge on any atom is 0.471 e. The van der Waals surface area contributed by atoms with Crippen molar-refractivity contribution in [3.8, 4) is 0 Å². The van der Waals surface area contributed by atoms with Crippen LogP contribution in [0.3, 0.4) is 0 Å². The van der Waals surface area contributed by atoms with E-state index in [2.05, 4.69) is 15.6 Å². The third kappa shape index (κ3) is 7.43. The fourth-order valence-electron chi connectivity index (χ4n) is 4.54. The van der Waals surface area contributed by atoms with Gasteiger partial charge in [0.2, 0.25) is 5.91 Å². The lowest BCUT2D eigenvalue weighted by Crippen LogP contribution is -2.45. The molecule has 2 heterocycles. The molecule has 1 saturated heterocycles. The number of carbonyl (C=O) groups excluding carboxylic acids is 2. The second kappa shape index (κ2) is 11.7. The summed E-state index contributed by atoms with van der Waals surface area (Å²) in [5, 5.41) is 6.21. The molecule has 0 spiro atoms. The molecule has 0 saturated carbocycles. The molecule has 1 fully saturated rings. The minimum absolute atomic E-state index is 0.0333. The van der Waals surface area contributed by atoms with E-state index in [4.69, 9.17) is 5.73 Å². The maximum atomic E-state index is 13.5. The molecule has 2 amide bonds. The molecule has 12 heteroatoms. The SMILES string of the molecule is NC(=O)Cc1cnc(Nc2ccc(C3CCN(C(=O)C(F)(F)F)CC3)cc2)cc1NCc1cc(F)cc(F)c1. The van der Waals surface area contributed by atoms with Gasteiger partial charge in [-0.05, 0) is 54.2 Å². The number of piperidine rings is 1. The van der Waals surface area contributed by atoms with E-state index in [-0.39, 0.29) is 32.0 Å². The molecule has 3 aromatic rings. The number of nitrogens with one attached hydrogen (secondary N) is 2. The Bertz CT molecular complexity index is 1320. The number of carbonyl (C=O) groups is 2. The monoisotopic (exact) mass is 547 g/mol. The van der Waals surface area contributed by atoms with Gasteiger partial charge >= 0.3 is 12.1 Å². The maximum absolute atomic E-state index is 13.5. The van der Waals surface area contributed by atoms with E-state index >= 15 is 0 Å². The largest absolute Gasteiger partial charge is 0.471 e. The van der Waals surface area contributed by atoms with Gasteiger partial charge in [0.1, 0.15) is 17.5 Å². The van der Waals surface area contributed by atoms with Crippen molar-refractivity contribution in [2.45, 2.75) is 37.9 Å². The molecule has 0 radical (unpaired) electrons. The predicted molar refractivity (Wildman–Crippen MR) is 135 cm³/mol. The topological polar surface area (TPSA) is 100 Å². The first-order valence-electron chi connectivity index (χ1n) is 12.2. The van der Waals surface area contributed by atoms with Gasteiger partial charge in [-0.1, -0.05) is 12.1 Å². The average Bonchev–Trinajstić information content (AvgIpc) is 2.87. The Morgan fingerprint density at radius 3 is 2.23 bits per heavy atom. The van der Waals surface area contributed by atoms with E-state index in [1.807, 2.05) is 24.3 Å². The number of nitrogens with two attached hydrogens (primary N) is 1. The standard InChI is InChI=1S/C27H26F5N5O2/c28-20-9-16(10-21(29)12-20)14-34-23-13-25(35-15-19(23)11-24(33)38)36-22-3-1-17(2-4-22)18-5-7-37(8-6-18)26(39)27(30,31)32/h1-4,9-10,12-13,15,18H,5-8,11,14H2,(H2,33,38)(H2,34,35,36). The summed E-state index contributed by atoms with van der Waals surface area (Å²) in [5.41, 5.74) is 8.37. The summed E-state index contributed by atoms with van der Waals surface area (Å²) in [6.45, 7) is 0.178. The number of nitrogens with zero attached hydrogens (tertiary/aromatic N) is 2. The highest BCUT2D eigenvalue weighted by molar-refractivity contribution is 5.82. The second-order valence-electron chi connectivity index (χ2n) is 9.31. The van der Waals surface area contributed by atoms with E-state index in [1.54, 1.807) is 6.07 Å². The van der Waals surface area contributed by atoms with Gasteiger partial charge in [0, 0.05) is 54.9 Å². The zero-order valence-electron chi connectivity index (χ0n) is 20.7. The van der Waals surface area contributed by atoms with Crippen LogP contribution in [-0.2, 0) is 22.6 Å². The normalized spacial score (nSPS) is 14.2. The Balaban J connectivity index is 1.42.